The number of urea groups is 1. The molecule has 1 fully saturated rings. The van der Waals surface area contributed by atoms with Crippen molar-refractivity contribution in [2.24, 2.45) is 0 Å². The second-order valence-electron chi connectivity index (χ2n) is 6.44. The zero-order valence-electron chi connectivity index (χ0n) is 15.3. The van der Waals surface area contributed by atoms with Gasteiger partial charge in [0, 0.05) is 18.8 Å². The number of ether oxygens (including phenoxy) is 1. The smallest absolute Gasteiger partial charge is 0.315 e. The van der Waals surface area contributed by atoms with Gasteiger partial charge in [0.15, 0.2) is 0 Å². The number of nitrogens with one attached hydrogen (secondary N) is 2. The fraction of sp³-hybridized carbons (Fsp3) is 0.300. The largest absolute Gasteiger partial charge is 0.497 e. The maximum absolute atomic E-state index is 13.4. The number of carbonyl (C=O) groups excluding carboxylic acids is 2. The van der Waals surface area contributed by atoms with Crippen molar-refractivity contribution in [2.45, 2.75) is 25.9 Å². The lowest BCUT2D eigenvalue weighted by Crippen LogP contribution is -2.45. The molecule has 3 amide bonds. The average Bonchev–Trinajstić information content (AvgIpc) is 3.03. The van der Waals surface area contributed by atoms with E-state index < -0.39 is 12.1 Å². The highest BCUT2D eigenvalue weighted by Gasteiger charge is 2.33. The molecule has 0 aromatic heterocycles. The van der Waals surface area contributed by atoms with E-state index in [1.807, 2.05) is 24.3 Å². The van der Waals surface area contributed by atoms with E-state index in [0.29, 0.717) is 36.5 Å². The van der Waals surface area contributed by atoms with E-state index in [2.05, 4.69) is 10.6 Å². The maximum atomic E-state index is 13.4. The molecule has 3 rings (SSSR count). The number of carbonyl (C=O) groups is 2. The first-order valence-corrected chi connectivity index (χ1v) is 8.73. The molecule has 1 aliphatic heterocycles. The standard InChI is InChI=1S/C20H22FN3O3/c1-13-10-15(6-7-17(13)21)24-9-8-18(19(24)25)23-20(26)22-12-14-4-3-5-16(11-14)27-2/h3-7,10-11,18H,8-9,12H2,1-2H3,(H2,22,23,26)/t18-/m1/s1. The molecule has 2 aromatic carbocycles. The second kappa shape index (κ2) is 8.07. The Morgan fingerprint density at radius 3 is 2.85 bits per heavy atom. The molecule has 0 bridgehead atoms. The van der Waals surface area contributed by atoms with Gasteiger partial charge in [-0.25, -0.2) is 9.18 Å². The Labute approximate surface area is 157 Å². The molecule has 1 atom stereocenters. The van der Waals surface area contributed by atoms with Crippen LogP contribution >= 0.6 is 0 Å². The molecular weight excluding hydrogens is 349 g/mol. The predicted molar refractivity (Wildman–Crippen MR) is 100 cm³/mol. The molecule has 27 heavy (non-hydrogen) atoms. The van der Waals surface area contributed by atoms with E-state index in [1.165, 1.54) is 6.07 Å². The molecule has 2 aromatic rings. The molecular formula is C20H22FN3O3. The minimum Gasteiger partial charge on any atom is -0.497 e. The van der Waals surface area contributed by atoms with Crippen LogP contribution in [0.5, 0.6) is 5.75 Å². The van der Waals surface area contributed by atoms with Gasteiger partial charge in [-0.05, 0) is 54.8 Å². The van der Waals surface area contributed by atoms with Crippen LogP contribution in [0, 0.1) is 12.7 Å². The Balaban J connectivity index is 1.55. The van der Waals surface area contributed by atoms with Gasteiger partial charge in [-0.2, -0.15) is 0 Å². The first kappa shape index (κ1) is 18.7. The number of benzene rings is 2. The van der Waals surface area contributed by atoms with Crippen LogP contribution in [0.15, 0.2) is 42.5 Å². The summed E-state index contributed by atoms with van der Waals surface area (Å²) in [5, 5.41) is 5.45. The van der Waals surface area contributed by atoms with E-state index >= 15 is 0 Å². The third-order valence-electron chi connectivity index (χ3n) is 4.55. The number of aryl methyl sites for hydroxylation is 1. The van der Waals surface area contributed by atoms with E-state index in [0.717, 1.165) is 5.56 Å². The molecule has 0 aliphatic carbocycles. The summed E-state index contributed by atoms with van der Waals surface area (Å²) in [5.41, 5.74) is 2.01. The van der Waals surface area contributed by atoms with Crippen LogP contribution in [0.3, 0.4) is 0 Å². The van der Waals surface area contributed by atoms with Crippen molar-refractivity contribution in [3.05, 3.63) is 59.4 Å². The van der Waals surface area contributed by atoms with Crippen molar-refractivity contribution in [1.82, 2.24) is 10.6 Å². The minimum atomic E-state index is -0.597. The quantitative estimate of drug-likeness (QED) is 0.849. The highest BCUT2D eigenvalue weighted by molar-refractivity contribution is 6.01. The van der Waals surface area contributed by atoms with E-state index in [9.17, 15) is 14.0 Å². The molecule has 1 aliphatic rings. The Hall–Kier alpha value is -3.09. The number of rotatable bonds is 5. The van der Waals surface area contributed by atoms with Crippen molar-refractivity contribution in [1.29, 1.82) is 0 Å². The summed E-state index contributed by atoms with van der Waals surface area (Å²) >= 11 is 0. The molecule has 0 unspecified atom stereocenters. The molecule has 0 saturated carbocycles. The molecule has 6 nitrogen and oxygen atoms in total. The van der Waals surface area contributed by atoms with Gasteiger partial charge in [0.1, 0.15) is 17.6 Å². The highest BCUT2D eigenvalue weighted by atomic mass is 19.1. The van der Waals surface area contributed by atoms with Gasteiger partial charge >= 0.3 is 6.03 Å². The molecule has 7 heteroatoms. The van der Waals surface area contributed by atoms with E-state index in [1.54, 1.807) is 31.1 Å². The normalized spacial score (nSPS) is 16.3. The van der Waals surface area contributed by atoms with Crippen LogP contribution in [-0.4, -0.2) is 31.6 Å². The van der Waals surface area contributed by atoms with Gasteiger partial charge in [-0.15, -0.1) is 0 Å². The minimum absolute atomic E-state index is 0.197. The highest BCUT2D eigenvalue weighted by Crippen LogP contribution is 2.23. The van der Waals surface area contributed by atoms with Crippen molar-refractivity contribution >= 4 is 17.6 Å². The number of amides is 3. The van der Waals surface area contributed by atoms with Gasteiger partial charge < -0.3 is 20.3 Å². The van der Waals surface area contributed by atoms with Gasteiger partial charge in [0.2, 0.25) is 5.91 Å². The van der Waals surface area contributed by atoms with Crippen LogP contribution in [0.4, 0.5) is 14.9 Å². The molecule has 1 heterocycles. The molecule has 2 N–H and O–H groups in total. The summed E-state index contributed by atoms with van der Waals surface area (Å²) in [6, 6.07) is 10.9. The predicted octanol–water partition coefficient (Wildman–Crippen LogP) is 2.75. The van der Waals surface area contributed by atoms with Crippen LogP contribution < -0.4 is 20.3 Å². The number of nitrogens with zero attached hydrogens (tertiary/aromatic N) is 1. The topological polar surface area (TPSA) is 70.7 Å². The Bertz CT molecular complexity index is 856. The third-order valence-corrected chi connectivity index (χ3v) is 4.55. The summed E-state index contributed by atoms with van der Waals surface area (Å²) in [5.74, 6) is 0.209. The van der Waals surface area contributed by atoms with Crippen LogP contribution in [0.25, 0.3) is 0 Å². The fourth-order valence-electron chi connectivity index (χ4n) is 3.04. The van der Waals surface area contributed by atoms with Gasteiger partial charge in [0.05, 0.1) is 7.11 Å². The second-order valence-corrected chi connectivity index (χ2v) is 6.44. The Morgan fingerprint density at radius 1 is 1.30 bits per heavy atom. The van der Waals surface area contributed by atoms with Crippen LogP contribution in [0.2, 0.25) is 0 Å². The lowest BCUT2D eigenvalue weighted by atomic mass is 10.2. The number of anilines is 1. The number of hydrogen-bond donors (Lipinski definition) is 2. The SMILES string of the molecule is COc1cccc(CNC(=O)N[C@@H]2CCN(c3ccc(F)c(C)c3)C2=O)c1. The van der Waals surface area contributed by atoms with Gasteiger partial charge in [-0.1, -0.05) is 12.1 Å². The monoisotopic (exact) mass is 371 g/mol. The Kier molecular flexibility index (Phi) is 5.59. The maximum Gasteiger partial charge on any atom is 0.315 e. The molecule has 0 spiro atoms. The van der Waals surface area contributed by atoms with E-state index in [4.69, 9.17) is 4.74 Å². The average molecular weight is 371 g/mol. The van der Waals surface area contributed by atoms with Gasteiger partial charge in [-0.3, -0.25) is 4.79 Å². The summed E-state index contributed by atoms with van der Waals surface area (Å²) in [7, 11) is 1.58. The van der Waals surface area contributed by atoms with Crippen molar-refractivity contribution in [2.75, 3.05) is 18.6 Å². The van der Waals surface area contributed by atoms with Crippen LogP contribution in [-0.2, 0) is 11.3 Å². The number of halogens is 1. The summed E-state index contributed by atoms with van der Waals surface area (Å²) < 4.78 is 18.6. The molecule has 0 radical (unpaired) electrons. The number of methoxy groups -OCH3 is 1. The molecule has 142 valence electrons. The lowest BCUT2D eigenvalue weighted by molar-refractivity contribution is -0.118. The van der Waals surface area contributed by atoms with E-state index in [-0.39, 0.29) is 11.7 Å². The Morgan fingerprint density at radius 2 is 2.11 bits per heavy atom. The summed E-state index contributed by atoms with van der Waals surface area (Å²) in [6.07, 6.45) is 0.502. The van der Waals surface area contributed by atoms with Crippen LogP contribution in [0.1, 0.15) is 17.5 Å². The third kappa shape index (κ3) is 4.36. The number of hydrogen-bond acceptors (Lipinski definition) is 3. The zero-order valence-corrected chi connectivity index (χ0v) is 15.3. The first-order valence-electron chi connectivity index (χ1n) is 8.73. The zero-order chi connectivity index (χ0) is 19.4. The van der Waals surface area contributed by atoms with Crippen molar-refractivity contribution in [3.8, 4) is 5.75 Å². The fourth-order valence-corrected chi connectivity index (χ4v) is 3.04. The molecule has 1 saturated heterocycles. The first-order chi connectivity index (χ1) is 13.0. The van der Waals surface area contributed by atoms with Crippen molar-refractivity contribution < 1.29 is 18.7 Å². The van der Waals surface area contributed by atoms with Crippen molar-refractivity contribution in [3.63, 3.8) is 0 Å². The summed E-state index contributed by atoms with van der Waals surface area (Å²) in [4.78, 5) is 26.3. The summed E-state index contributed by atoms with van der Waals surface area (Å²) in [6.45, 7) is 2.46. The van der Waals surface area contributed by atoms with Gasteiger partial charge in [0.25, 0.3) is 0 Å². The lowest BCUT2D eigenvalue weighted by Gasteiger charge is -2.18.